The van der Waals surface area contributed by atoms with Gasteiger partial charge in [0.2, 0.25) is 5.91 Å². The molecule has 4 nitrogen and oxygen atoms in total. The van der Waals surface area contributed by atoms with E-state index in [2.05, 4.69) is 102 Å². The highest BCUT2D eigenvalue weighted by Crippen LogP contribution is 2.34. The number of rotatable bonds is 7. The molecule has 178 valence electrons. The third kappa shape index (κ3) is 5.55. The van der Waals surface area contributed by atoms with Gasteiger partial charge in [0.05, 0.1) is 0 Å². The predicted octanol–water partition coefficient (Wildman–Crippen LogP) is 5.86. The Morgan fingerprint density at radius 3 is 2.40 bits per heavy atom. The summed E-state index contributed by atoms with van der Waals surface area (Å²) in [5.74, 6) is 0.270. The summed E-state index contributed by atoms with van der Waals surface area (Å²) in [7, 11) is 0. The number of carbonyl (C=O) groups is 1. The summed E-state index contributed by atoms with van der Waals surface area (Å²) >= 11 is 0. The van der Waals surface area contributed by atoms with Crippen molar-refractivity contribution in [1.29, 1.82) is 0 Å². The average molecular weight is 464 g/mol. The van der Waals surface area contributed by atoms with Gasteiger partial charge in [0.1, 0.15) is 0 Å². The fraction of sp³-hybridized carbons (Fsp3) is 0.258. The lowest BCUT2D eigenvalue weighted by Gasteiger charge is -2.35. The summed E-state index contributed by atoms with van der Waals surface area (Å²) in [5.41, 5.74) is 5.96. The molecule has 0 aliphatic carbocycles. The lowest BCUT2D eigenvalue weighted by Crippen LogP contribution is -2.48. The Balaban J connectivity index is 1.25. The molecule has 1 aromatic heterocycles. The summed E-state index contributed by atoms with van der Waals surface area (Å²) < 4.78 is 0. The lowest BCUT2D eigenvalue weighted by molar-refractivity contribution is -0.133. The Morgan fingerprint density at radius 1 is 0.914 bits per heavy atom. The first kappa shape index (κ1) is 23.1. The minimum atomic E-state index is 0.0334. The molecule has 1 aliphatic rings. The van der Waals surface area contributed by atoms with Crippen LogP contribution in [-0.2, 0) is 4.79 Å². The molecule has 35 heavy (non-hydrogen) atoms. The molecule has 0 spiro atoms. The van der Waals surface area contributed by atoms with Crippen LogP contribution in [0.2, 0.25) is 0 Å². The van der Waals surface area contributed by atoms with Crippen molar-refractivity contribution in [3.63, 3.8) is 0 Å². The molecule has 2 heterocycles. The van der Waals surface area contributed by atoms with E-state index in [1.54, 1.807) is 0 Å². The molecule has 1 saturated heterocycles. The third-order valence-corrected chi connectivity index (χ3v) is 7.05. The monoisotopic (exact) mass is 463 g/mol. The van der Waals surface area contributed by atoms with Crippen LogP contribution in [0.25, 0.3) is 17.0 Å². The van der Waals surface area contributed by atoms with E-state index in [0.717, 1.165) is 38.2 Å². The zero-order valence-electron chi connectivity index (χ0n) is 20.4. The van der Waals surface area contributed by atoms with E-state index >= 15 is 0 Å². The number of benzene rings is 3. The van der Waals surface area contributed by atoms with Gasteiger partial charge in [-0.2, -0.15) is 0 Å². The van der Waals surface area contributed by atoms with Gasteiger partial charge in [-0.3, -0.25) is 9.69 Å². The third-order valence-electron chi connectivity index (χ3n) is 7.05. The molecule has 4 aromatic rings. The Labute approximate surface area is 207 Å². The number of nitrogens with one attached hydrogen (secondary N) is 1. The average Bonchev–Trinajstić information content (AvgIpc) is 3.33. The summed E-state index contributed by atoms with van der Waals surface area (Å²) in [6, 6.07) is 27.4. The van der Waals surface area contributed by atoms with Crippen LogP contribution >= 0.6 is 0 Å². The highest BCUT2D eigenvalue weighted by molar-refractivity contribution is 5.86. The predicted molar refractivity (Wildman–Crippen MR) is 144 cm³/mol. The van der Waals surface area contributed by atoms with Crippen LogP contribution in [0.1, 0.15) is 34.6 Å². The standard InChI is InChI=1S/C31H33N3O/c1-24-13-15-26(16-14-24)28(29-23-32-30-12-6-5-11-27(29)30)22-31(35)34-20-18-33(19-21-34)17-7-10-25-8-3-2-4-9-25/h2-16,23,28,32H,17-22H2,1H3/b10-7+. The maximum Gasteiger partial charge on any atom is 0.223 e. The molecule has 5 rings (SSSR count). The molecule has 3 aromatic carbocycles. The number of carbonyl (C=O) groups excluding carboxylic acids is 1. The second kappa shape index (κ2) is 10.7. The van der Waals surface area contributed by atoms with Gasteiger partial charge in [0, 0.05) is 62.2 Å². The summed E-state index contributed by atoms with van der Waals surface area (Å²) in [4.78, 5) is 21.3. The van der Waals surface area contributed by atoms with Crippen molar-refractivity contribution in [2.75, 3.05) is 32.7 Å². The van der Waals surface area contributed by atoms with Gasteiger partial charge in [-0.1, -0.05) is 90.5 Å². The SMILES string of the molecule is Cc1ccc(C(CC(=O)N2CCN(C/C=C/c3ccccc3)CC2)c2c[nH]c3ccccc23)cc1. The van der Waals surface area contributed by atoms with E-state index in [9.17, 15) is 4.79 Å². The van der Waals surface area contributed by atoms with Gasteiger partial charge in [0.25, 0.3) is 0 Å². The minimum absolute atomic E-state index is 0.0334. The van der Waals surface area contributed by atoms with E-state index in [0.29, 0.717) is 6.42 Å². The molecule has 1 N–H and O–H groups in total. The van der Waals surface area contributed by atoms with Gasteiger partial charge in [-0.05, 0) is 29.7 Å². The number of fused-ring (bicyclic) bond motifs is 1. The summed E-state index contributed by atoms with van der Waals surface area (Å²) in [6.07, 6.45) is 6.96. The Hall–Kier alpha value is -3.63. The smallest absolute Gasteiger partial charge is 0.223 e. The number of piperazine rings is 1. The number of H-pyrrole nitrogens is 1. The molecule has 1 amide bonds. The Bertz CT molecular complexity index is 1280. The zero-order chi connectivity index (χ0) is 24.0. The van der Waals surface area contributed by atoms with Crippen LogP contribution in [0, 0.1) is 6.92 Å². The van der Waals surface area contributed by atoms with Crippen molar-refractivity contribution in [1.82, 2.24) is 14.8 Å². The summed E-state index contributed by atoms with van der Waals surface area (Å²) in [5, 5.41) is 1.20. The van der Waals surface area contributed by atoms with E-state index in [-0.39, 0.29) is 11.8 Å². The molecule has 1 unspecified atom stereocenters. The first-order chi connectivity index (χ1) is 17.2. The number of aromatic amines is 1. The lowest BCUT2D eigenvalue weighted by atomic mass is 9.87. The quantitative estimate of drug-likeness (QED) is 0.373. The highest BCUT2D eigenvalue weighted by atomic mass is 16.2. The van der Waals surface area contributed by atoms with Crippen LogP contribution in [0.3, 0.4) is 0 Å². The van der Waals surface area contributed by atoms with E-state index < -0.39 is 0 Å². The van der Waals surface area contributed by atoms with E-state index in [1.165, 1.54) is 27.6 Å². The molecule has 0 bridgehead atoms. The number of aromatic nitrogens is 1. The second-order valence-corrected chi connectivity index (χ2v) is 9.45. The molecule has 4 heteroatoms. The molecule has 1 aliphatic heterocycles. The van der Waals surface area contributed by atoms with Gasteiger partial charge < -0.3 is 9.88 Å². The Kier molecular flexibility index (Phi) is 7.10. The van der Waals surface area contributed by atoms with Gasteiger partial charge >= 0.3 is 0 Å². The van der Waals surface area contributed by atoms with Crippen molar-refractivity contribution in [2.45, 2.75) is 19.3 Å². The van der Waals surface area contributed by atoms with Crippen molar-refractivity contribution in [3.05, 3.63) is 113 Å². The van der Waals surface area contributed by atoms with Gasteiger partial charge in [-0.25, -0.2) is 0 Å². The first-order valence-electron chi connectivity index (χ1n) is 12.5. The largest absolute Gasteiger partial charge is 0.361 e. The van der Waals surface area contributed by atoms with Gasteiger partial charge in [0.15, 0.2) is 0 Å². The highest BCUT2D eigenvalue weighted by Gasteiger charge is 2.26. The fourth-order valence-corrected chi connectivity index (χ4v) is 4.97. The first-order valence-corrected chi connectivity index (χ1v) is 12.5. The number of para-hydroxylation sites is 1. The zero-order valence-corrected chi connectivity index (χ0v) is 20.4. The Morgan fingerprint density at radius 2 is 1.63 bits per heavy atom. The van der Waals surface area contributed by atoms with Crippen molar-refractivity contribution >= 4 is 22.9 Å². The minimum Gasteiger partial charge on any atom is -0.361 e. The van der Waals surface area contributed by atoms with Crippen molar-refractivity contribution in [2.24, 2.45) is 0 Å². The fourth-order valence-electron chi connectivity index (χ4n) is 4.97. The molecular formula is C31H33N3O. The summed E-state index contributed by atoms with van der Waals surface area (Å²) in [6.45, 7) is 6.40. The maximum atomic E-state index is 13.5. The number of hydrogen-bond donors (Lipinski definition) is 1. The number of hydrogen-bond acceptors (Lipinski definition) is 2. The number of nitrogens with zero attached hydrogens (tertiary/aromatic N) is 2. The normalized spacial score (nSPS) is 15.6. The number of aryl methyl sites for hydroxylation is 1. The molecule has 1 atom stereocenters. The van der Waals surface area contributed by atoms with Crippen molar-refractivity contribution < 1.29 is 4.79 Å². The maximum absolute atomic E-state index is 13.5. The van der Waals surface area contributed by atoms with Crippen LogP contribution in [0.5, 0.6) is 0 Å². The molecule has 0 radical (unpaired) electrons. The second-order valence-electron chi connectivity index (χ2n) is 9.45. The van der Waals surface area contributed by atoms with Crippen LogP contribution < -0.4 is 0 Å². The molecule has 0 saturated carbocycles. The van der Waals surface area contributed by atoms with E-state index in [4.69, 9.17) is 0 Å². The van der Waals surface area contributed by atoms with Gasteiger partial charge in [-0.15, -0.1) is 0 Å². The molecule has 1 fully saturated rings. The number of amides is 1. The van der Waals surface area contributed by atoms with Crippen LogP contribution in [0.15, 0.2) is 91.1 Å². The van der Waals surface area contributed by atoms with E-state index in [1.807, 2.05) is 17.0 Å². The van der Waals surface area contributed by atoms with Crippen LogP contribution in [-0.4, -0.2) is 53.4 Å². The van der Waals surface area contributed by atoms with Crippen LogP contribution in [0.4, 0.5) is 0 Å². The topological polar surface area (TPSA) is 39.3 Å². The molecular weight excluding hydrogens is 430 g/mol. The van der Waals surface area contributed by atoms with Crippen molar-refractivity contribution in [3.8, 4) is 0 Å².